The Labute approximate surface area is 112 Å². The summed E-state index contributed by atoms with van der Waals surface area (Å²) < 4.78 is 0. The fraction of sp³-hybridized carbons (Fsp3) is 0.750. The molecule has 0 spiro atoms. The molecule has 0 saturated carbocycles. The highest BCUT2D eigenvalue weighted by Crippen LogP contribution is 2.16. The molecule has 0 radical (unpaired) electrons. The van der Waals surface area contributed by atoms with Crippen LogP contribution in [-0.4, -0.2) is 52.6 Å². The summed E-state index contributed by atoms with van der Waals surface area (Å²) >= 11 is 0. The number of nitrogens with one attached hydrogen (secondary N) is 2. The number of hydrogen-bond acceptors (Lipinski definition) is 4. The van der Waals surface area contributed by atoms with E-state index in [0.717, 1.165) is 4.90 Å². The predicted octanol–water partition coefficient (Wildman–Crippen LogP) is -0.406. The maximum absolute atomic E-state index is 11.9. The SMILES string of the molecule is CC[C@H](CO)NC(=O)CCN1C(=O)NC(C)(C)C1=O. The highest BCUT2D eigenvalue weighted by atomic mass is 16.3. The Bertz CT molecular complexity index is 377. The molecule has 7 heteroatoms. The summed E-state index contributed by atoms with van der Waals surface area (Å²) in [5, 5.41) is 14.1. The average Bonchev–Trinajstić information content (AvgIpc) is 2.53. The van der Waals surface area contributed by atoms with Crippen LogP contribution < -0.4 is 10.6 Å². The van der Waals surface area contributed by atoms with Crippen LogP contribution in [0.2, 0.25) is 0 Å². The van der Waals surface area contributed by atoms with Crippen LogP contribution in [0, 0.1) is 0 Å². The molecule has 0 aromatic rings. The molecule has 4 amide bonds. The summed E-state index contributed by atoms with van der Waals surface area (Å²) in [4.78, 5) is 36.1. The zero-order valence-corrected chi connectivity index (χ0v) is 11.5. The minimum Gasteiger partial charge on any atom is -0.394 e. The lowest BCUT2D eigenvalue weighted by Crippen LogP contribution is -2.41. The van der Waals surface area contributed by atoms with E-state index in [9.17, 15) is 14.4 Å². The summed E-state index contributed by atoms with van der Waals surface area (Å²) in [6.45, 7) is 5.00. The van der Waals surface area contributed by atoms with E-state index in [-0.39, 0.29) is 37.4 Å². The van der Waals surface area contributed by atoms with Gasteiger partial charge in [-0.2, -0.15) is 0 Å². The van der Waals surface area contributed by atoms with Gasteiger partial charge in [-0.05, 0) is 20.3 Å². The van der Waals surface area contributed by atoms with Gasteiger partial charge in [0.15, 0.2) is 0 Å². The van der Waals surface area contributed by atoms with Gasteiger partial charge in [0, 0.05) is 13.0 Å². The average molecular weight is 271 g/mol. The fourth-order valence-electron chi connectivity index (χ4n) is 1.81. The lowest BCUT2D eigenvalue weighted by Gasteiger charge is -2.17. The van der Waals surface area contributed by atoms with Crippen molar-refractivity contribution in [1.29, 1.82) is 0 Å². The number of hydrogen-bond donors (Lipinski definition) is 3. The normalized spacial score (nSPS) is 19.3. The van der Waals surface area contributed by atoms with Crippen LogP contribution in [-0.2, 0) is 9.59 Å². The van der Waals surface area contributed by atoms with Crippen molar-refractivity contribution in [1.82, 2.24) is 15.5 Å². The first kappa shape index (κ1) is 15.4. The Balaban J connectivity index is 2.47. The molecule has 0 bridgehead atoms. The van der Waals surface area contributed by atoms with Crippen LogP contribution in [0.15, 0.2) is 0 Å². The number of rotatable bonds is 6. The van der Waals surface area contributed by atoms with Gasteiger partial charge in [-0.15, -0.1) is 0 Å². The Morgan fingerprint density at radius 1 is 1.47 bits per heavy atom. The highest BCUT2D eigenvalue weighted by molar-refractivity contribution is 6.06. The molecule has 19 heavy (non-hydrogen) atoms. The summed E-state index contributed by atoms with van der Waals surface area (Å²) in [6, 6.07) is -0.760. The van der Waals surface area contributed by atoms with Gasteiger partial charge in [-0.25, -0.2) is 4.79 Å². The van der Waals surface area contributed by atoms with E-state index in [1.807, 2.05) is 6.92 Å². The number of carbonyl (C=O) groups excluding carboxylic acids is 3. The van der Waals surface area contributed by atoms with E-state index in [4.69, 9.17) is 5.11 Å². The number of carbonyl (C=O) groups is 3. The fourth-order valence-corrected chi connectivity index (χ4v) is 1.81. The highest BCUT2D eigenvalue weighted by Gasteiger charge is 2.43. The first-order chi connectivity index (χ1) is 8.81. The van der Waals surface area contributed by atoms with Gasteiger partial charge in [-0.1, -0.05) is 6.92 Å². The molecule has 1 rings (SSSR count). The zero-order valence-electron chi connectivity index (χ0n) is 11.5. The summed E-state index contributed by atoms with van der Waals surface area (Å²) in [5.41, 5.74) is -0.912. The van der Waals surface area contributed by atoms with Crippen molar-refractivity contribution in [2.24, 2.45) is 0 Å². The van der Waals surface area contributed by atoms with Crippen LogP contribution in [0.25, 0.3) is 0 Å². The monoisotopic (exact) mass is 271 g/mol. The summed E-state index contributed by atoms with van der Waals surface area (Å²) in [5.74, 6) is -0.620. The maximum atomic E-state index is 11.9. The van der Waals surface area contributed by atoms with Crippen LogP contribution in [0.1, 0.15) is 33.6 Å². The first-order valence-corrected chi connectivity index (χ1v) is 6.36. The Morgan fingerprint density at radius 3 is 2.53 bits per heavy atom. The van der Waals surface area contributed by atoms with Crippen molar-refractivity contribution in [2.45, 2.75) is 45.2 Å². The number of urea groups is 1. The number of imide groups is 1. The molecule has 108 valence electrons. The maximum Gasteiger partial charge on any atom is 0.325 e. The van der Waals surface area contributed by atoms with Gasteiger partial charge in [0.25, 0.3) is 5.91 Å². The van der Waals surface area contributed by atoms with Crippen molar-refractivity contribution in [3.8, 4) is 0 Å². The second-order valence-electron chi connectivity index (χ2n) is 5.12. The van der Waals surface area contributed by atoms with Gasteiger partial charge >= 0.3 is 6.03 Å². The molecular weight excluding hydrogens is 250 g/mol. The molecule has 0 aromatic heterocycles. The van der Waals surface area contributed by atoms with Crippen molar-refractivity contribution in [2.75, 3.05) is 13.2 Å². The third-order valence-corrected chi connectivity index (χ3v) is 3.09. The van der Waals surface area contributed by atoms with Crippen LogP contribution in [0.4, 0.5) is 4.79 Å². The Hall–Kier alpha value is -1.63. The molecule has 1 fully saturated rings. The molecule has 1 saturated heterocycles. The lowest BCUT2D eigenvalue weighted by molar-refractivity contribution is -0.130. The van der Waals surface area contributed by atoms with Crippen molar-refractivity contribution in [3.63, 3.8) is 0 Å². The summed E-state index contributed by atoms with van der Waals surface area (Å²) in [7, 11) is 0. The minimum absolute atomic E-state index is 0.0335. The minimum atomic E-state index is -0.912. The quantitative estimate of drug-likeness (QED) is 0.572. The van der Waals surface area contributed by atoms with Crippen LogP contribution in [0.3, 0.4) is 0 Å². The van der Waals surface area contributed by atoms with Crippen molar-refractivity contribution < 1.29 is 19.5 Å². The molecule has 0 aromatic carbocycles. The van der Waals surface area contributed by atoms with Gasteiger partial charge in [0.2, 0.25) is 5.91 Å². The zero-order chi connectivity index (χ0) is 14.6. The number of nitrogens with zero attached hydrogens (tertiary/aromatic N) is 1. The standard InChI is InChI=1S/C12H21N3O4/c1-4-8(7-16)13-9(17)5-6-15-10(18)12(2,3)14-11(15)19/h8,16H,4-7H2,1-3H3,(H,13,17)(H,14,19)/t8-/m1/s1. The Kier molecular flexibility index (Phi) is 4.88. The van der Waals surface area contributed by atoms with Gasteiger partial charge in [-0.3, -0.25) is 14.5 Å². The van der Waals surface area contributed by atoms with Gasteiger partial charge < -0.3 is 15.7 Å². The van der Waals surface area contributed by atoms with Crippen molar-refractivity contribution >= 4 is 17.8 Å². The number of aliphatic hydroxyl groups is 1. The van der Waals surface area contributed by atoms with Crippen molar-refractivity contribution in [3.05, 3.63) is 0 Å². The van der Waals surface area contributed by atoms with Crippen LogP contribution >= 0.6 is 0 Å². The smallest absolute Gasteiger partial charge is 0.325 e. The lowest BCUT2D eigenvalue weighted by atomic mass is 10.1. The molecule has 1 aliphatic rings. The van der Waals surface area contributed by atoms with E-state index in [1.54, 1.807) is 13.8 Å². The predicted molar refractivity (Wildman–Crippen MR) is 68.2 cm³/mol. The molecule has 1 atom stereocenters. The molecule has 7 nitrogen and oxygen atoms in total. The number of aliphatic hydroxyl groups excluding tert-OH is 1. The van der Waals surface area contributed by atoms with Crippen LogP contribution in [0.5, 0.6) is 0 Å². The third kappa shape index (κ3) is 3.66. The first-order valence-electron chi connectivity index (χ1n) is 6.36. The van der Waals surface area contributed by atoms with Gasteiger partial charge in [0.05, 0.1) is 12.6 Å². The molecule has 1 heterocycles. The largest absolute Gasteiger partial charge is 0.394 e. The molecule has 3 N–H and O–H groups in total. The van der Waals surface area contributed by atoms with E-state index < -0.39 is 11.6 Å². The van der Waals surface area contributed by atoms with Gasteiger partial charge in [0.1, 0.15) is 5.54 Å². The molecule has 1 aliphatic heterocycles. The van der Waals surface area contributed by atoms with E-state index in [0.29, 0.717) is 6.42 Å². The second-order valence-corrected chi connectivity index (χ2v) is 5.12. The van der Waals surface area contributed by atoms with E-state index in [2.05, 4.69) is 10.6 Å². The summed E-state index contributed by atoms with van der Waals surface area (Å²) in [6.07, 6.45) is 0.657. The Morgan fingerprint density at radius 2 is 2.11 bits per heavy atom. The third-order valence-electron chi connectivity index (χ3n) is 3.09. The molecular formula is C12H21N3O4. The van der Waals surface area contributed by atoms with E-state index >= 15 is 0 Å². The molecule has 0 aliphatic carbocycles. The molecule has 0 unspecified atom stereocenters. The topological polar surface area (TPSA) is 98.7 Å². The number of amides is 4. The van der Waals surface area contributed by atoms with E-state index in [1.165, 1.54) is 0 Å². The second kappa shape index (κ2) is 6.01.